The average Bonchev–Trinajstić information content (AvgIpc) is 2.17. The Kier molecular flexibility index (Phi) is 7.13. The van der Waals surface area contributed by atoms with E-state index >= 15 is 0 Å². The van der Waals surface area contributed by atoms with E-state index < -0.39 is 0 Å². The largest absolute Gasteiger partial charge is 0.379 e. The number of rotatable bonds is 5. The number of hydrogen-bond acceptors (Lipinski definition) is 2. The van der Waals surface area contributed by atoms with Crippen LogP contribution in [0.5, 0.6) is 0 Å². The van der Waals surface area contributed by atoms with Crippen LogP contribution in [0.25, 0.3) is 0 Å². The van der Waals surface area contributed by atoms with Crippen LogP contribution in [0, 0.1) is 5.41 Å². The van der Waals surface area contributed by atoms with Gasteiger partial charge in [-0.2, -0.15) is 0 Å². The van der Waals surface area contributed by atoms with Crippen molar-refractivity contribution in [1.29, 1.82) is 0 Å². The maximum Gasteiger partial charge on any atom is 0.191 e. The molecule has 96 valence electrons. The van der Waals surface area contributed by atoms with E-state index in [4.69, 9.17) is 4.74 Å². The highest BCUT2D eigenvalue weighted by molar-refractivity contribution is 5.79. The fourth-order valence-corrected chi connectivity index (χ4v) is 1.39. The lowest BCUT2D eigenvalue weighted by atomic mass is 9.89. The molecule has 1 atom stereocenters. The molecule has 16 heavy (non-hydrogen) atoms. The average molecular weight is 229 g/mol. The van der Waals surface area contributed by atoms with E-state index in [9.17, 15) is 0 Å². The summed E-state index contributed by atoms with van der Waals surface area (Å²) in [5, 5.41) is 6.40. The van der Waals surface area contributed by atoms with Gasteiger partial charge in [-0.1, -0.05) is 20.8 Å². The Morgan fingerprint density at radius 1 is 1.19 bits per heavy atom. The third kappa shape index (κ3) is 5.95. The predicted molar refractivity (Wildman–Crippen MR) is 69.9 cm³/mol. The molecule has 0 aliphatic carbocycles. The molecule has 0 bridgehead atoms. The molecule has 0 aromatic carbocycles. The molecule has 4 heteroatoms. The summed E-state index contributed by atoms with van der Waals surface area (Å²) in [6.45, 7) is 13.0. The zero-order valence-electron chi connectivity index (χ0n) is 11.6. The van der Waals surface area contributed by atoms with Gasteiger partial charge < -0.3 is 15.4 Å². The normalized spacial score (nSPS) is 13.1. The van der Waals surface area contributed by atoms with Crippen molar-refractivity contribution in [3.63, 3.8) is 0 Å². The number of hydrogen-bond donors (Lipinski definition) is 2. The molecule has 0 spiro atoms. The summed E-state index contributed by atoms with van der Waals surface area (Å²) in [5.41, 5.74) is 0.113. The van der Waals surface area contributed by atoms with E-state index in [0.29, 0.717) is 6.54 Å². The second-order valence-electron chi connectivity index (χ2n) is 4.84. The Morgan fingerprint density at radius 2 is 1.69 bits per heavy atom. The number of aliphatic imine (C=N–C) groups is 1. The fourth-order valence-electron chi connectivity index (χ4n) is 1.39. The first-order valence-electron chi connectivity index (χ1n) is 6.00. The molecule has 0 aliphatic rings. The standard InChI is InChI=1S/C12H27N3O/c1-7-13-11(14-8-2)15-9-10(16-6)12(3,4)5/h10H,7-9H2,1-6H3,(H2,13,14,15). The van der Waals surface area contributed by atoms with Crippen LogP contribution in [0.15, 0.2) is 4.99 Å². The molecule has 0 heterocycles. The highest BCUT2D eigenvalue weighted by Gasteiger charge is 2.23. The highest BCUT2D eigenvalue weighted by atomic mass is 16.5. The number of ether oxygens (including phenoxy) is 1. The summed E-state index contributed by atoms with van der Waals surface area (Å²) in [6, 6.07) is 0. The zero-order chi connectivity index (χ0) is 12.6. The Morgan fingerprint density at radius 3 is 2.00 bits per heavy atom. The highest BCUT2D eigenvalue weighted by Crippen LogP contribution is 2.21. The Labute approximate surface area is 99.9 Å². The molecular weight excluding hydrogens is 202 g/mol. The van der Waals surface area contributed by atoms with Gasteiger partial charge in [0.2, 0.25) is 0 Å². The maximum atomic E-state index is 5.46. The second-order valence-corrected chi connectivity index (χ2v) is 4.84. The van der Waals surface area contributed by atoms with Gasteiger partial charge in [-0.3, -0.25) is 4.99 Å². The molecule has 0 rings (SSSR count). The van der Waals surface area contributed by atoms with Gasteiger partial charge in [0.1, 0.15) is 0 Å². The summed E-state index contributed by atoms with van der Waals surface area (Å²) >= 11 is 0. The lowest BCUT2D eigenvalue weighted by Gasteiger charge is -2.28. The fraction of sp³-hybridized carbons (Fsp3) is 0.917. The number of nitrogens with one attached hydrogen (secondary N) is 2. The minimum atomic E-state index is 0.113. The molecule has 0 radical (unpaired) electrons. The van der Waals surface area contributed by atoms with Gasteiger partial charge in [-0.05, 0) is 19.3 Å². The van der Waals surface area contributed by atoms with Gasteiger partial charge in [0.15, 0.2) is 5.96 Å². The van der Waals surface area contributed by atoms with Gasteiger partial charge >= 0.3 is 0 Å². The number of methoxy groups -OCH3 is 1. The smallest absolute Gasteiger partial charge is 0.191 e. The first-order chi connectivity index (χ1) is 7.45. The molecule has 2 N–H and O–H groups in total. The SMILES string of the molecule is CCNC(=NCC(OC)C(C)(C)C)NCC. The molecule has 4 nitrogen and oxygen atoms in total. The summed E-state index contributed by atoms with van der Waals surface area (Å²) in [6.07, 6.45) is 0.139. The summed E-state index contributed by atoms with van der Waals surface area (Å²) in [4.78, 5) is 4.51. The molecular formula is C12H27N3O. The van der Waals surface area contributed by atoms with Crippen molar-refractivity contribution in [2.24, 2.45) is 10.4 Å². The van der Waals surface area contributed by atoms with Crippen LogP contribution in [0.3, 0.4) is 0 Å². The van der Waals surface area contributed by atoms with Crippen molar-refractivity contribution >= 4 is 5.96 Å². The van der Waals surface area contributed by atoms with Gasteiger partial charge in [0.05, 0.1) is 12.6 Å². The number of nitrogens with zero attached hydrogens (tertiary/aromatic N) is 1. The van der Waals surface area contributed by atoms with Gasteiger partial charge in [0.25, 0.3) is 0 Å². The van der Waals surface area contributed by atoms with Crippen molar-refractivity contribution in [3.05, 3.63) is 0 Å². The van der Waals surface area contributed by atoms with Crippen molar-refractivity contribution in [3.8, 4) is 0 Å². The van der Waals surface area contributed by atoms with Crippen LogP contribution >= 0.6 is 0 Å². The van der Waals surface area contributed by atoms with Crippen LogP contribution in [0.4, 0.5) is 0 Å². The monoisotopic (exact) mass is 229 g/mol. The quantitative estimate of drug-likeness (QED) is 0.556. The van der Waals surface area contributed by atoms with Crippen molar-refractivity contribution in [2.45, 2.75) is 40.7 Å². The molecule has 0 saturated heterocycles. The van der Waals surface area contributed by atoms with E-state index in [1.165, 1.54) is 0 Å². The topological polar surface area (TPSA) is 45.7 Å². The molecule has 0 amide bonds. The summed E-state index contributed by atoms with van der Waals surface area (Å²) in [5.74, 6) is 0.858. The lowest BCUT2D eigenvalue weighted by Crippen LogP contribution is -2.39. The predicted octanol–water partition coefficient (Wildman–Crippen LogP) is 1.62. The Balaban J connectivity index is 4.37. The van der Waals surface area contributed by atoms with Crippen molar-refractivity contribution < 1.29 is 4.74 Å². The van der Waals surface area contributed by atoms with Crippen LogP contribution in [-0.2, 0) is 4.74 Å². The van der Waals surface area contributed by atoms with Gasteiger partial charge in [-0.15, -0.1) is 0 Å². The van der Waals surface area contributed by atoms with Crippen LogP contribution in [0.2, 0.25) is 0 Å². The van der Waals surface area contributed by atoms with Gasteiger partial charge in [-0.25, -0.2) is 0 Å². The van der Waals surface area contributed by atoms with Crippen LogP contribution < -0.4 is 10.6 Å². The Hall–Kier alpha value is -0.770. The first-order valence-corrected chi connectivity index (χ1v) is 6.00. The maximum absolute atomic E-state index is 5.46. The van der Waals surface area contributed by atoms with E-state index in [1.54, 1.807) is 7.11 Å². The first kappa shape index (κ1) is 15.2. The minimum Gasteiger partial charge on any atom is -0.379 e. The van der Waals surface area contributed by atoms with E-state index in [0.717, 1.165) is 19.0 Å². The molecule has 0 saturated carbocycles. The van der Waals surface area contributed by atoms with E-state index in [1.807, 2.05) is 0 Å². The van der Waals surface area contributed by atoms with Crippen LogP contribution in [0.1, 0.15) is 34.6 Å². The van der Waals surface area contributed by atoms with Crippen molar-refractivity contribution in [1.82, 2.24) is 10.6 Å². The lowest BCUT2D eigenvalue weighted by molar-refractivity contribution is 0.0241. The molecule has 0 aromatic heterocycles. The number of guanidine groups is 1. The van der Waals surface area contributed by atoms with E-state index in [2.05, 4.69) is 50.2 Å². The summed E-state index contributed by atoms with van der Waals surface area (Å²) in [7, 11) is 1.74. The second kappa shape index (κ2) is 7.49. The molecule has 0 aliphatic heterocycles. The van der Waals surface area contributed by atoms with Crippen LogP contribution in [-0.4, -0.2) is 38.8 Å². The third-order valence-electron chi connectivity index (χ3n) is 2.35. The van der Waals surface area contributed by atoms with E-state index in [-0.39, 0.29) is 11.5 Å². The Bertz CT molecular complexity index is 201. The molecule has 0 fully saturated rings. The zero-order valence-corrected chi connectivity index (χ0v) is 11.6. The molecule has 0 aromatic rings. The van der Waals surface area contributed by atoms with Gasteiger partial charge in [0, 0.05) is 20.2 Å². The third-order valence-corrected chi connectivity index (χ3v) is 2.35. The minimum absolute atomic E-state index is 0.113. The summed E-state index contributed by atoms with van der Waals surface area (Å²) < 4.78 is 5.46. The van der Waals surface area contributed by atoms with Crippen molar-refractivity contribution in [2.75, 3.05) is 26.7 Å². The molecule has 1 unspecified atom stereocenters.